The summed E-state index contributed by atoms with van der Waals surface area (Å²) in [7, 11) is -0.691. The lowest BCUT2D eigenvalue weighted by Crippen LogP contribution is -2.25. The van der Waals surface area contributed by atoms with E-state index in [2.05, 4.69) is 44.9 Å². The molecule has 0 saturated heterocycles. The van der Waals surface area contributed by atoms with Crippen LogP contribution >= 0.6 is 0 Å². The molecule has 2 nitrogen and oxygen atoms in total. The summed E-state index contributed by atoms with van der Waals surface area (Å²) < 4.78 is 6.06. The molecule has 0 fully saturated rings. The fourth-order valence-corrected chi connectivity index (χ4v) is 2.47. The minimum Gasteiger partial charge on any atom is -0.410 e. The van der Waals surface area contributed by atoms with E-state index < -0.39 is 9.04 Å². The standard InChI is InChI=1S/C12H20NOSi/c1-12(2,3)11(14-15(4)5)10-7-6-8-13-9-10/h6-9,11H,1-5H3. The summed E-state index contributed by atoms with van der Waals surface area (Å²) in [6.07, 6.45) is 3.85. The SMILES string of the molecule is C[Si](C)OC(c1cccnc1)C(C)(C)C. The molecule has 1 aromatic rings. The van der Waals surface area contributed by atoms with Gasteiger partial charge in [-0.25, -0.2) is 0 Å². The molecule has 0 aliphatic carbocycles. The van der Waals surface area contributed by atoms with Crippen molar-refractivity contribution in [1.29, 1.82) is 0 Å². The smallest absolute Gasteiger partial charge is 0.205 e. The molecule has 0 aliphatic rings. The van der Waals surface area contributed by atoms with Gasteiger partial charge in [0.05, 0.1) is 6.10 Å². The summed E-state index contributed by atoms with van der Waals surface area (Å²) in [5.41, 5.74) is 1.29. The topological polar surface area (TPSA) is 22.1 Å². The van der Waals surface area contributed by atoms with Gasteiger partial charge in [0.25, 0.3) is 0 Å². The van der Waals surface area contributed by atoms with Gasteiger partial charge in [-0.3, -0.25) is 4.98 Å². The van der Waals surface area contributed by atoms with Gasteiger partial charge >= 0.3 is 0 Å². The second-order valence-electron chi connectivity index (χ2n) is 5.06. The lowest BCUT2D eigenvalue weighted by molar-refractivity contribution is 0.0863. The van der Waals surface area contributed by atoms with Crippen molar-refractivity contribution >= 4 is 9.04 Å². The second kappa shape index (κ2) is 4.90. The fraction of sp³-hybridized carbons (Fsp3) is 0.583. The number of hydrogen-bond donors (Lipinski definition) is 0. The van der Waals surface area contributed by atoms with Crippen LogP contribution in [0, 0.1) is 5.41 Å². The normalized spacial score (nSPS) is 14.3. The maximum Gasteiger partial charge on any atom is 0.205 e. The molecule has 1 radical (unpaired) electrons. The van der Waals surface area contributed by atoms with E-state index in [1.165, 1.54) is 5.56 Å². The maximum atomic E-state index is 6.06. The van der Waals surface area contributed by atoms with Crippen molar-refractivity contribution < 1.29 is 4.43 Å². The zero-order valence-corrected chi connectivity index (χ0v) is 11.2. The van der Waals surface area contributed by atoms with Crippen molar-refractivity contribution in [3.05, 3.63) is 30.1 Å². The first-order valence-electron chi connectivity index (χ1n) is 5.28. The molecule has 0 aliphatic heterocycles. The van der Waals surface area contributed by atoms with E-state index in [-0.39, 0.29) is 11.5 Å². The fourth-order valence-electron chi connectivity index (χ4n) is 1.51. The van der Waals surface area contributed by atoms with E-state index in [1.54, 1.807) is 6.20 Å². The highest BCUT2D eigenvalue weighted by molar-refractivity contribution is 6.48. The van der Waals surface area contributed by atoms with Crippen molar-refractivity contribution in [3.63, 3.8) is 0 Å². The Bertz CT molecular complexity index is 292. The monoisotopic (exact) mass is 222 g/mol. The van der Waals surface area contributed by atoms with Crippen LogP contribution in [0.15, 0.2) is 24.5 Å². The summed E-state index contributed by atoms with van der Waals surface area (Å²) in [6.45, 7) is 10.9. The molecule has 0 spiro atoms. The van der Waals surface area contributed by atoms with Crippen molar-refractivity contribution in [1.82, 2.24) is 4.98 Å². The summed E-state index contributed by atoms with van der Waals surface area (Å²) in [5, 5.41) is 0. The Balaban J connectivity index is 2.92. The van der Waals surface area contributed by atoms with Crippen LogP contribution in [0.4, 0.5) is 0 Å². The van der Waals surface area contributed by atoms with E-state index in [0.717, 1.165) is 0 Å². The van der Waals surface area contributed by atoms with Crippen LogP contribution < -0.4 is 0 Å². The number of pyridine rings is 1. The molecule has 1 unspecified atom stereocenters. The summed E-state index contributed by atoms with van der Waals surface area (Å²) in [6, 6.07) is 4.06. The zero-order chi connectivity index (χ0) is 11.5. The molecule has 1 atom stereocenters. The minimum absolute atomic E-state index is 0.116. The Hall–Kier alpha value is -0.673. The Kier molecular flexibility index (Phi) is 4.05. The van der Waals surface area contributed by atoms with Crippen LogP contribution in [0.25, 0.3) is 0 Å². The second-order valence-corrected chi connectivity index (χ2v) is 7.11. The highest BCUT2D eigenvalue weighted by atomic mass is 28.3. The van der Waals surface area contributed by atoms with Crippen LogP contribution in [0.3, 0.4) is 0 Å². The van der Waals surface area contributed by atoms with Gasteiger partial charge in [0.15, 0.2) is 0 Å². The molecule has 1 rings (SSSR count). The number of hydrogen-bond acceptors (Lipinski definition) is 2. The van der Waals surface area contributed by atoms with E-state index in [4.69, 9.17) is 4.43 Å². The zero-order valence-electron chi connectivity index (χ0n) is 10.2. The van der Waals surface area contributed by atoms with Crippen LogP contribution in [0.1, 0.15) is 32.4 Å². The Morgan fingerprint density at radius 2 is 2.00 bits per heavy atom. The molecule has 1 aromatic heterocycles. The molecule has 83 valence electrons. The first kappa shape index (κ1) is 12.4. The van der Waals surface area contributed by atoms with E-state index >= 15 is 0 Å². The lowest BCUT2D eigenvalue weighted by atomic mass is 9.85. The van der Waals surface area contributed by atoms with Gasteiger partial charge in [0.1, 0.15) is 0 Å². The van der Waals surface area contributed by atoms with E-state index in [0.29, 0.717) is 0 Å². The Labute approximate surface area is 94.4 Å². The van der Waals surface area contributed by atoms with Crippen LogP contribution in [-0.4, -0.2) is 14.0 Å². The van der Waals surface area contributed by atoms with Gasteiger partial charge in [-0.05, 0) is 30.1 Å². The molecule has 0 saturated carbocycles. The quantitative estimate of drug-likeness (QED) is 0.731. The van der Waals surface area contributed by atoms with Gasteiger partial charge in [-0.2, -0.15) is 0 Å². The third-order valence-corrected chi connectivity index (χ3v) is 2.83. The van der Waals surface area contributed by atoms with Crippen molar-refractivity contribution in [2.24, 2.45) is 5.41 Å². The van der Waals surface area contributed by atoms with Crippen LogP contribution in [-0.2, 0) is 4.43 Å². The Morgan fingerprint density at radius 3 is 2.40 bits per heavy atom. The predicted molar refractivity (Wildman–Crippen MR) is 65.0 cm³/mol. The Morgan fingerprint density at radius 1 is 1.33 bits per heavy atom. The molecule has 0 aromatic carbocycles. The molecule has 3 heteroatoms. The van der Waals surface area contributed by atoms with Gasteiger partial charge < -0.3 is 4.43 Å². The van der Waals surface area contributed by atoms with E-state index in [1.807, 2.05) is 12.3 Å². The molecular formula is C12H20NOSi. The highest BCUT2D eigenvalue weighted by Gasteiger charge is 2.28. The molecule has 0 bridgehead atoms. The third-order valence-electron chi connectivity index (χ3n) is 2.13. The van der Waals surface area contributed by atoms with Crippen molar-refractivity contribution in [3.8, 4) is 0 Å². The first-order chi connectivity index (χ1) is 6.91. The molecule has 0 N–H and O–H groups in total. The summed E-state index contributed by atoms with van der Waals surface area (Å²) in [5.74, 6) is 0. The number of aromatic nitrogens is 1. The van der Waals surface area contributed by atoms with Crippen LogP contribution in [0.5, 0.6) is 0 Å². The van der Waals surface area contributed by atoms with Crippen molar-refractivity contribution in [2.45, 2.75) is 40.0 Å². The first-order valence-corrected chi connectivity index (χ1v) is 7.69. The highest BCUT2D eigenvalue weighted by Crippen LogP contribution is 2.35. The summed E-state index contributed by atoms with van der Waals surface area (Å²) in [4.78, 5) is 4.16. The number of rotatable bonds is 3. The minimum atomic E-state index is -0.691. The predicted octanol–water partition coefficient (Wildman–Crippen LogP) is 3.44. The van der Waals surface area contributed by atoms with Gasteiger partial charge in [-0.15, -0.1) is 0 Å². The van der Waals surface area contributed by atoms with Gasteiger partial charge in [0.2, 0.25) is 9.04 Å². The number of nitrogens with zero attached hydrogens (tertiary/aromatic N) is 1. The summed E-state index contributed by atoms with van der Waals surface area (Å²) >= 11 is 0. The largest absolute Gasteiger partial charge is 0.410 e. The lowest BCUT2D eigenvalue weighted by Gasteiger charge is -2.32. The molecule has 1 heterocycles. The van der Waals surface area contributed by atoms with Crippen LogP contribution in [0.2, 0.25) is 13.1 Å². The van der Waals surface area contributed by atoms with Gasteiger partial charge in [-0.1, -0.05) is 26.8 Å². The maximum absolute atomic E-state index is 6.06. The molecular weight excluding hydrogens is 202 g/mol. The van der Waals surface area contributed by atoms with Crippen molar-refractivity contribution in [2.75, 3.05) is 0 Å². The third kappa shape index (κ3) is 3.76. The molecule has 0 amide bonds. The van der Waals surface area contributed by atoms with E-state index in [9.17, 15) is 0 Å². The molecule has 15 heavy (non-hydrogen) atoms. The average molecular weight is 222 g/mol. The average Bonchev–Trinajstić information content (AvgIpc) is 2.14. The van der Waals surface area contributed by atoms with Gasteiger partial charge in [0, 0.05) is 12.4 Å².